The molecular formula is C22H26FN3O. The first-order chi connectivity index (χ1) is 12.8. The summed E-state index contributed by atoms with van der Waals surface area (Å²) < 4.78 is 14.7. The zero-order valence-electron chi connectivity index (χ0n) is 16.1. The molecular weight excluding hydrogens is 341 g/mol. The molecule has 1 aromatic rings. The predicted octanol–water partition coefficient (Wildman–Crippen LogP) is 3.21. The Balaban J connectivity index is 1.96. The number of nitriles is 1. The third-order valence-corrected chi connectivity index (χ3v) is 6.58. The summed E-state index contributed by atoms with van der Waals surface area (Å²) in [7, 11) is 0. The molecule has 1 fully saturated rings. The van der Waals surface area contributed by atoms with Gasteiger partial charge in [-0.05, 0) is 17.4 Å². The highest BCUT2D eigenvalue weighted by atomic mass is 19.1. The Kier molecular flexibility index (Phi) is 4.16. The molecule has 27 heavy (non-hydrogen) atoms. The van der Waals surface area contributed by atoms with Gasteiger partial charge in [-0.15, -0.1) is 0 Å². The number of hydrogen-bond acceptors (Lipinski definition) is 4. The Morgan fingerprint density at radius 2 is 1.89 bits per heavy atom. The zero-order valence-corrected chi connectivity index (χ0v) is 16.1. The quantitative estimate of drug-likeness (QED) is 0.800. The van der Waals surface area contributed by atoms with Crippen LogP contribution in [0.2, 0.25) is 0 Å². The topological polar surface area (TPSA) is 64.9 Å². The lowest BCUT2D eigenvalue weighted by atomic mass is 9.54. The molecule has 3 aliphatic rings. The van der Waals surface area contributed by atoms with Crippen LogP contribution in [-0.2, 0) is 10.2 Å². The molecule has 2 aliphatic heterocycles. The van der Waals surface area contributed by atoms with E-state index in [0.717, 1.165) is 23.3 Å². The molecule has 2 N–H and O–H groups in total. The van der Waals surface area contributed by atoms with Crippen molar-refractivity contribution in [3.8, 4) is 6.07 Å². The number of ketones is 1. The largest absolute Gasteiger partial charge is 0.372 e. The maximum Gasteiger partial charge on any atom is 0.162 e. The van der Waals surface area contributed by atoms with Gasteiger partial charge in [0.15, 0.2) is 5.78 Å². The second kappa shape index (κ2) is 6.17. The minimum absolute atomic E-state index is 0.108. The second-order valence-corrected chi connectivity index (χ2v) is 9.09. The maximum absolute atomic E-state index is 14.7. The molecule has 1 aromatic carbocycles. The fourth-order valence-corrected chi connectivity index (χ4v) is 5.44. The second-order valence-electron chi connectivity index (χ2n) is 9.09. The molecule has 0 aromatic heterocycles. The predicted molar refractivity (Wildman–Crippen MR) is 101 cm³/mol. The van der Waals surface area contributed by atoms with Crippen molar-refractivity contribution in [1.29, 1.82) is 5.26 Å². The maximum atomic E-state index is 14.7. The van der Waals surface area contributed by atoms with Crippen LogP contribution in [0.15, 0.2) is 41.6 Å². The van der Waals surface area contributed by atoms with Crippen molar-refractivity contribution in [2.75, 3.05) is 6.54 Å². The Morgan fingerprint density at radius 3 is 2.56 bits per heavy atom. The lowest BCUT2D eigenvalue weighted by molar-refractivity contribution is -0.120. The molecule has 1 saturated heterocycles. The first kappa shape index (κ1) is 18.2. The molecule has 5 heteroatoms. The molecule has 0 amide bonds. The van der Waals surface area contributed by atoms with E-state index in [9.17, 15) is 14.4 Å². The van der Waals surface area contributed by atoms with E-state index in [1.165, 1.54) is 0 Å². The average molecular weight is 367 g/mol. The van der Waals surface area contributed by atoms with Crippen LogP contribution in [-0.4, -0.2) is 24.7 Å². The number of benzene rings is 1. The summed E-state index contributed by atoms with van der Waals surface area (Å²) in [6, 6.07) is 12.0. The van der Waals surface area contributed by atoms with Crippen LogP contribution in [0.25, 0.3) is 0 Å². The molecule has 0 bridgehead atoms. The summed E-state index contributed by atoms with van der Waals surface area (Å²) in [6.45, 7) is 6.38. The van der Waals surface area contributed by atoms with E-state index in [0.29, 0.717) is 6.42 Å². The summed E-state index contributed by atoms with van der Waals surface area (Å²) in [5, 5.41) is 16.5. The highest BCUT2D eigenvalue weighted by Crippen LogP contribution is 2.53. The van der Waals surface area contributed by atoms with Crippen LogP contribution in [0.1, 0.15) is 39.2 Å². The normalized spacial score (nSPS) is 37.7. The number of nitrogens with zero attached hydrogens (tertiary/aromatic N) is 1. The van der Waals surface area contributed by atoms with Gasteiger partial charge in [0.1, 0.15) is 6.17 Å². The van der Waals surface area contributed by atoms with Crippen molar-refractivity contribution in [3.63, 3.8) is 0 Å². The molecule has 0 spiro atoms. The van der Waals surface area contributed by atoms with Crippen LogP contribution in [0.5, 0.6) is 0 Å². The zero-order chi connectivity index (χ0) is 19.4. The van der Waals surface area contributed by atoms with E-state index in [2.05, 4.69) is 30.6 Å². The molecule has 1 aliphatic carbocycles. The molecule has 4 rings (SSSR count). The molecule has 0 radical (unpaired) electrons. The van der Waals surface area contributed by atoms with Gasteiger partial charge in [0.05, 0.1) is 18.2 Å². The number of piperidine rings is 1. The molecule has 4 unspecified atom stereocenters. The Bertz CT molecular complexity index is 841. The number of halogens is 1. The van der Waals surface area contributed by atoms with E-state index in [1.807, 2.05) is 37.3 Å². The number of rotatable bonds is 1. The monoisotopic (exact) mass is 367 g/mol. The van der Waals surface area contributed by atoms with Crippen molar-refractivity contribution in [3.05, 3.63) is 47.2 Å². The summed E-state index contributed by atoms with van der Waals surface area (Å²) >= 11 is 0. The lowest BCUT2D eigenvalue weighted by Crippen LogP contribution is -2.67. The lowest BCUT2D eigenvalue weighted by Gasteiger charge is -2.55. The van der Waals surface area contributed by atoms with Crippen LogP contribution < -0.4 is 10.6 Å². The third-order valence-electron chi connectivity index (χ3n) is 6.58. The van der Waals surface area contributed by atoms with Crippen LogP contribution in [0, 0.1) is 28.6 Å². The molecule has 5 atom stereocenters. The number of hydrogen-bond donors (Lipinski definition) is 2. The number of Topliss-reactive ketones (excluding diaryl/α,β-unsaturated/α-hetero) is 1. The van der Waals surface area contributed by atoms with Crippen LogP contribution in [0.3, 0.4) is 0 Å². The number of fused-ring (bicyclic) bond motifs is 1. The van der Waals surface area contributed by atoms with Gasteiger partial charge in [-0.2, -0.15) is 5.26 Å². The summed E-state index contributed by atoms with van der Waals surface area (Å²) in [5.41, 5.74) is 1.84. The van der Waals surface area contributed by atoms with Crippen molar-refractivity contribution < 1.29 is 9.18 Å². The average Bonchev–Trinajstić information content (AvgIpc) is 2.61. The van der Waals surface area contributed by atoms with Gasteiger partial charge in [0.2, 0.25) is 0 Å². The third kappa shape index (κ3) is 2.70. The van der Waals surface area contributed by atoms with E-state index in [1.54, 1.807) is 0 Å². The van der Waals surface area contributed by atoms with Gasteiger partial charge in [-0.3, -0.25) is 10.1 Å². The summed E-state index contributed by atoms with van der Waals surface area (Å²) in [6.07, 6.45) is -0.236. The summed E-state index contributed by atoms with van der Waals surface area (Å²) in [4.78, 5) is 13.3. The minimum atomic E-state index is -1.25. The van der Waals surface area contributed by atoms with Crippen LogP contribution >= 0.6 is 0 Å². The Morgan fingerprint density at radius 1 is 1.19 bits per heavy atom. The Labute approximate surface area is 159 Å². The smallest absolute Gasteiger partial charge is 0.162 e. The van der Waals surface area contributed by atoms with Crippen molar-refractivity contribution >= 4 is 5.78 Å². The summed E-state index contributed by atoms with van der Waals surface area (Å²) in [5.74, 6) is -1.03. The number of carbonyl (C=O) groups excluding carboxylic acids is 1. The van der Waals surface area contributed by atoms with Gasteiger partial charge in [0.25, 0.3) is 0 Å². The Hall–Kier alpha value is -2.19. The van der Waals surface area contributed by atoms with Gasteiger partial charge in [-0.1, -0.05) is 51.1 Å². The van der Waals surface area contributed by atoms with E-state index in [4.69, 9.17) is 0 Å². The van der Waals surface area contributed by atoms with Crippen LogP contribution in [0.4, 0.5) is 4.39 Å². The number of allylic oxidation sites excluding steroid dienone is 2. The van der Waals surface area contributed by atoms with Gasteiger partial charge in [-0.25, -0.2) is 4.39 Å². The fraction of sp³-hybridized carbons (Fsp3) is 0.545. The van der Waals surface area contributed by atoms with E-state index >= 15 is 0 Å². The first-order valence-electron chi connectivity index (χ1n) is 9.64. The molecule has 2 heterocycles. The number of nitrogens with one attached hydrogen (secondary N) is 2. The van der Waals surface area contributed by atoms with E-state index < -0.39 is 17.5 Å². The van der Waals surface area contributed by atoms with Gasteiger partial charge < -0.3 is 5.32 Å². The van der Waals surface area contributed by atoms with Gasteiger partial charge >= 0.3 is 0 Å². The van der Waals surface area contributed by atoms with Crippen molar-refractivity contribution in [2.24, 2.45) is 17.3 Å². The number of alkyl halides is 1. The molecule has 142 valence electrons. The fourth-order valence-electron chi connectivity index (χ4n) is 5.44. The highest BCUT2D eigenvalue weighted by Gasteiger charge is 2.58. The van der Waals surface area contributed by atoms with E-state index in [-0.39, 0.29) is 29.8 Å². The standard InChI is InChI=1S/C22H26FN3O/c1-21(2)9-16-19(17(27)10-21)22(3,13-7-5-4-6-8-13)18-14(11-24)15(23)12-25-20(18)26-16/h4-8,14-15,18,20,25-26H,9-10,12H2,1-3H3/t14?,15?,18?,20?,22-/m0/s1. The number of carbonyl (C=O) groups is 1. The SMILES string of the molecule is CC1(C)CC(=O)C2=C(C1)NC1NCC(F)C(C#N)C1[C@]2(C)c1ccccc1. The highest BCUT2D eigenvalue weighted by molar-refractivity contribution is 6.00. The van der Waals surface area contributed by atoms with Gasteiger partial charge in [0, 0.05) is 35.6 Å². The van der Waals surface area contributed by atoms with Crippen molar-refractivity contribution in [1.82, 2.24) is 10.6 Å². The molecule has 0 saturated carbocycles. The first-order valence-corrected chi connectivity index (χ1v) is 9.64. The minimum Gasteiger partial charge on any atom is -0.372 e. The van der Waals surface area contributed by atoms with Crippen molar-refractivity contribution in [2.45, 2.75) is 51.4 Å². The molecule has 4 nitrogen and oxygen atoms in total.